The van der Waals surface area contributed by atoms with Crippen LogP contribution in [-0.4, -0.2) is 42.1 Å². The summed E-state index contributed by atoms with van der Waals surface area (Å²) in [6, 6.07) is 0. The SMILES string of the molecule is CC(C)(C)OC(=O)N1CC[C@]2(CCCNC2=O)C1. The maximum atomic E-state index is 12.0. The number of rotatable bonds is 0. The van der Waals surface area contributed by atoms with Crippen molar-refractivity contribution in [2.45, 2.75) is 45.6 Å². The van der Waals surface area contributed by atoms with Gasteiger partial charge in [0.05, 0.1) is 5.41 Å². The van der Waals surface area contributed by atoms with Gasteiger partial charge in [0.1, 0.15) is 5.60 Å². The molecule has 2 fully saturated rings. The maximum Gasteiger partial charge on any atom is 0.410 e. The molecule has 2 aliphatic heterocycles. The fourth-order valence-electron chi connectivity index (χ4n) is 2.67. The Hall–Kier alpha value is -1.26. The Morgan fingerprint density at radius 3 is 2.72 bits per heavy atom. The van der Waals surface area contributed by atoms with Crippen LogP contribution in [0.3, 0.4) is 0 Å². The van der Waals surface area contributed by atoms with Gasteiger partial charge in [-0.15, -0.1) is 0 Å². The zero-order valence-electron chi connectivity index (χ0n) is 11.4. The van der Waals surface area contributed by atoms with Crippen LogP contribution < -0.4 is 5.32 Å². The number of carbonyl (C=O) groups excluding carboxylic acids is 2. The van der Waals surface area contributed by atoms with Crippen molar-refractivity contribution in [1.82, 2.24) is 10.2 Å². The molecule has 2 amide bonds. The van der Waals surface area contributed by atoms with Gasteiger partial charge in [-0.25, -0.2) is 4.79 Å². The number of nitrogens with one attached hydrogen (secondary N) is 1. The van der Waals surface area contributed by atoms with Crippen LogP contribution in [0.2, 0.25) is 0 Å². The molecule has 5 heteroatoms. The minimum atomic E-state index is -0.484. The minimum Gasteiger partial charge on any atom is -0.444 e. The zero-order valence-corrected chi connectivity index (χ0v) is 11.4. The first-order valence-electron chi connectivity index (χ1n) is 6.59. The molecule has 18 heavy (non-hydrogen) atoms. The first kappa shape index (κ1) is 13.2. The van der Waals surface area contributed by atoms with Crippen LogP contribution in [0.4, 0.5) is 4.79 Å². The molecule has 0 bridgehead atoms. The first-order chi connectivity index (χ1) is 8.32. The second-order valence-corrected chi connectivity index (χ2v) is 6.29. The highest BCUT2D eigenvalue weighted by molar-refractivity contribution is 5.85. The Morgan fingerprint density at radius 1 is 1.39 bits per heavy atom. The molecule has 0 aromatic heterocycles. The number of piperidine rings is 1. The van der Waals surface area contributed by atoms with Crippen LogP contribution in [0.5, 0.6) is 0 Å². The van der Waals surface area contributed by atoms with E-state index in [2.05, 4.69) is 5.32 Å². The molecule has 0 saturated carbocycles. The normalized spacial score (nSPS) is 28.4. The number of carbonyl (C=O) groups is 2. The average molecular weight is 254 g/mol. The average Bonchev–Trinajstić information content (AvgIpc) is 2.66. The summed E-state index contributed by atoms with van der Waals surface area (Å²) >= 11 is 0. The number of amides is 2. The van der Waals surface area contributed by atoms with Crippen molar-refractivity contribution < 1.29 is 14.3 Å². The van der Waals surface area contributed by atoms with Crippen molar-refractivity contribution in [3.8, 4) is 0 Å². The highest BCUT2D eigenvalue weighted by Crippen LogP contribution is 2.37. The van der Waals surface area contributed by atoms with E-state index in [0.717, 1.165) is 25.8 Å². The van der Waals surface area contributed by atoms with E-state index in [9.17, 15) is 9.59 Å². The Bertz CT molecular complexity index is 362. The third kappa shape index (κ3) is 2.60. The molecule has 1 N–H and O–H groups in total. The monoisotopic (exact) mass is 254 g/mol. The molecule has 0 aliphatic carbocycles. The van der Waals surface area contributed by atoms with Gasteiger partial charge in [0.2, 0.25) is 5.91 Å². The van der Waals surface area contributed by atoms with Gasteiger partial charge in [0, 0.05) is 19.6 Å². The highest BCUT2D eigenvalue weighted by atomic mass is 16.6. The van der Waals surface area contributed by atoms with E-state index in [-0.39, 0.29) is 17.4 Å². The largest absolute Gasteiger partial charge is 0.444 e. The predicted octanol–water partition coefficient (Wildman–Crippen LogP) is 1.52. The Balaban J connectivity index is 1.99. The molecule has 2 aliphatic rings. The minimum absolute atomic E-state index is 0.0970. The molecular formula is C13H22N2O3. The van der Waals surface area contributed by atoms with E-state index in [1.54, 1.807) is 4.90 Å². The van der Waals surface area contributed by atoms with Gasteiger partial charge in [0.25, 0.3) is 0 Å². The smallest absolute Gasteiger partial charge is 0.410 e. The number of hydrogen-bond acceptors (Lipinski definition) is 3. The van der Waals surface area contributed by atoms with E-state index in [1.165, 1.54) is 0 Å². The molecule has 0 aromatic carbocycles. The summed E-state index contributed by atoms with van der Waals surface area (Å²) in [7, 11) is 0. The fourth-order valence-corrected chi connectivity index (χ4v) is 2.67. The summed E-state index contributed by atoms with van der Waals surface area (Å²) in [4.78, 5) is 25.6. The van der Waals surface area contributed by atoms with Gasteiger partial charge in [0.15, 0.2) is 0 Å². The van der Waals surface area contributed by atoms with Crippen LogP contribution in [-0.2, 0) is 9.53 Å². The van der Waals surface area contributed by atoms with E-state index in [1.807, 2.05) is 20.8 Å². The summed E-state index contributed by atoms with van der Waals surface area (Å²) in [5.74, 6) is 0.0970. The van der Waals surface area contributed by atoms with Crippen LogP contribution in [0.1, 0.15) is 40.0 Å². The second-order valence-electron chi connectivity index (χ2n) is 6.29. The van der Waals surface area contributed by atoms with Gasteiger partial charge in [-0.2, -0.15) is 0 Å². The number of hydrogen-bond donors (Lipinski definition) is 1. The molecule has 2 saturated heterocycles. The fraction of sp³-hybridized carbons (Fsp3) is 0.846. The van der Waals surface area contributed by atoms with E-state index >= 15 is 0 Å². The van der Waals surface area contributed by atoms with Gasteiger partial charge < -0.3 is 15.0 Å². The first-order valence-corrected chi connectivity index (χ1v) is 6.59. The molecule has 102 valence electrons. The third-order valence-corrected chi connectivity index (χ3v) is 3.60. The van der Waals surface area contributed by atoms with Crippen LogP contribution in [0, 0.1) is 5.41 Å². The van der Waals surface area contributed by atoms with Gasteiger partial charge in [-0.05, 0) is 40.0 Å². The van der Waals surface area contributed by atoms with Crippen molar-refractivity contribution in [3.05, 3.63) is 0 Å². The summed E-state index contributed by atoms with van der Waals surface area (Å²) in [6.07, 6.45) is 2.31. The van der Waals surface area contributed by atoms with Crippen LogP contribution >= 0.6 is 0 Å². The number of nitrogens with zero attached hydrogens (tertiary/aromatic N) is 1. The number of likely N-dealkylation sites (tertiary alicyclic amines) is 1. The maximum absolute atomic E-state index is 12.0. The zero-order chi connectivity index (χ0) is 13.4. The molecule has 1 spiro atoms. The van der Waals surface area contributed by atoms with Gasteiger partial charge in [-0.1, -0.05) is 0 Å². The summed E-state index contributed by atoms with van der Waals surface area (Å²) < 4.78 is 5.35. The molecule has 0 radical (unpaired) electrons. The number of ether oxygens (including phenoxy) is 1. The molecule has 1 atom stereocenters. The van der Waals surface area contributed by atoms with Crippen molar-refractivity contribution in [3.63, 3.8) is 0 Å². The standard InChI is InChI=1S/C13H22N2O3/c1-12(2,3)18-11(17)15-8-6-13(9-15)5-4-7-14-10(13)16/h4-9H2,1-3H3,(H,14,16)/t13-/m1/s1. The molecule has 0 unspecified atom stereocenters. The third-order valence-electron chi connectivity index (χ3n) is 3.60. The highest BCUT2D eigenvalue weighted by Gasteiger charge is 2.47. The van der Waals surface area contributed by atoms with Gasteiger partial charge in [-0.3, -0.25) is 4.79 Å². The van der Waals surface area contributed by atoms with Crippen LogP contribution in [0.15, 0.2) is 0 Å². The summed E-state index contributed by atoms with van der Waals surface area (Å²) in [5.41, 5.74) is -0.850. The lowest BCUT2D eigenvalue weighted by molar-refractivity contribution is -0.132. The van der Waals surface area contributed by atoms with Crippen molar-refractivity contribution >= 4 is 12.0 Å². The molecule has 2 rings (SSSR count). The van der Waals surface area contributed by atoms with Crippen molar-refractivity contribution in [2.75, 3.05) is 19.6 Å². The Labute approximate surface area is 108 Å². The topological polar surface area (TPSA) is 58.6 Å². The summed E-state index contributed by atoms with van der Waals surface area (Å²) in [5, 5.41) is 2.90. The lowest BCUT2D eigenvalue weighted by Crippen LogP contribution is -2.48. The van der Waals surface area contributed by atoms with Gasteiger partial charge >= 0.3 is 6.09 Å². The van der Waals surface area contributed by atoms with E-state index in [0.29, 0.717) is 13.1 Å². The lowest BCUT2D eigenvalue weighted by Gasteiger charge is -2.32. The summed E-state index contributed by atoms with van der Waals surface area (Å²) in [6.45, 7) is 7.42. The molecule has 2 heterocycles. The van der Waals surface area contributed by atoms with Crippen molar-refractivity contribution in [1.29, 1.82) is 0 Å². The molecule has 5 nitrogen and oxygen atoms in total. The molecular weight excluding hydrogens is 232 g/mol. The van der Waals surface area contributed by atoms with E-state index in [4.69, 9.17) is 4.74 Å². The van der Waals surface area contributed by atoms with E-state index < -0.39 is 5.60 Å². The Morgan fingerprint density at radius 2 is 2.11 bits per heavy atom. The second kappa shape index (κ2) is 4.44. The Kier molecular flexibility index (Phi) is 3.25. The molecule has 0 aromatic rings. The lowest BCUT2D eigenvalue weighted by atomic mass is 9.79. The predicted molar refractivity (Wildman–Crippen MR) is 67.1 cm³/mol. The quantitative estimate of drug-likeness (QED) is 0.713. The van der Waals surface area contributed by atoms with Crippen molar-refractivity contribution in [2.24, 2.45) is 5.41 Å². The van der Waals surface area contributed by atoms with Crippen LogP contribution in [0.25, 0.3) is 0 Å².